The van der Waals surface area contributed by atoms with Gasteiger partial charge < -0.3 is 5.11 Å². The molecule has 0 aliphatic carbocycles. The van der Waals surface area contributed by atoms with E-state index in [1.807, 2.05) is 0 Å². The van der Waals surface area contributed by atoms with Crippen molar-refractivity contribution in [2.75, 3.05) is 13.2 Å². The quantitative estimate of drug-likeness (QED) is 0.854. The molecule has 5 heteroatoms. The summed E-state index contributed by atoms with van der Waals surface area (Å²) in [5.74, 6) is 0. The zero-order valence-corrected chi connectivity index (χ0v) is 9.39. The molecule has 0 saturated carbocycles. The van der Waals surface area contributed by atoms with Gasteiger partial charge in [-0.05, 0) is 17.7 Å². The molecule has 1 rings (SSSR count). The first-order valence-corrected chi connectivity index (χ1v) is 5.13. The lowest BCUT2D eigenvalue weighted by Crippen LogP contribution is -2.23. The molecule has 0 fully saturated rings. The van der Waals surface area contributed by atoms with Crippen molar-refractivity contribution >= 4 is 23.2 Å². The third-order valence-electron chi connectivity index (χ3n) is 1.87. The van der Waals surface area contributed by atoms with E-state index < -0.39 is 6.04 Å². The van der Waals surface area contributed by atoms with Crippen molar-refractivity contribution < 1.29 is 5.11 Å². The van der Waals surface area contributed by atoms with Gasteiger partial charge in [-0.3, -0.25) is 5.32 Å². The van der Waals surface area contributed by atoms with Gasteiger partial charge in [0.05, 0.1) is 22.7 Å². The third kappa shape index (κ3) is 3.37. The summed E-state index contributed by atoms with van der Waals surface area (Å²) >= 11 is 11.6. The van der Waals surface area contributed by atoms with Crippen molar-refractivity contribution in [3.63, 3.8) is 0 Å². The molecular weight excluding hydrogens is 235 g/mol. The summed E-state index contributed by atoms with van der Waals surface area (Å²) in [7, 11) is 0. The molecule has 80 valence electrons. The van der Waals surface area contributed by atoms with E-state index in [4.69, 9.17) is 33.6 Å². The summed E-state index contributed by atoms with van der Waals surface area (Å²) < 4.78 is 0. The average molecular weight is 245 g/mol. The Bertz CT molecular complexity index is 376. The fourth-order valence-electron chi connectivity index (χ4n) is 1.14. The second-order valence-electron chi connectivity index (χ2n) is 2.91. The molecule has 0 aromatic heterocycles. The van der Waals surface area contributed by atoms with Crippen LogP contribution < -0.4 is 5.32 Å². The molecule has 0 radical (unpaired) electrons. The molecule has 2 N–H and O–H groups in total. The molecule has 1 aromatic rings. The van der Waals surface area contributed by atoms with Gasteiger partial charge in [0.1, 0.15) is 6.04 Å². The standard InChI is InChI=1S/C10H10Cl2N2O/c11-8-2-1-7(5-9(8)12)10(6-13)14-3-4-15/h1-2,5,10,14-15H,3-4H2. The fourth-order valence-corrected chi connectivity index (χ4v) is 1.45. The van der Waals surface area contributed by atoms with Gasteiger partial charge >= 0.3 is 0 Å². The van der Waals surface area contributed by atoms with Crippen LogP contribution in [-0.4, -0.2) is 18.3 Å². The Morgan fingerprint density at radius 1 is 1.40 bits per heavy atom. The highest BCUT2D eigenvalue weighted by Gasteiger charge is 2.10. The Kier molecular flexibility index (Phi) is 4.86. The molecule has 3 nitrogen and oxygen atoms in total. The van der Waals surface area contributed by atoms with Gasteiger partial charge in [-0.25, -0.2) is 0 Å². The molecule has 1 aromatic carbocycles. The number of aliphatic hydroxyl groups is 1. The Labute approximate surface area is 98.2 Å². The smallest absolute Gasteiger partial charge is 0.121 e. The Balaban J connectivity index is 2.84. The van der Waals surface area contributed by atoms with Crippen molar-refractivity contribution in [1.82, 2.24) is 5.32 Å². The van der Waals surface area contributed by atoms with E-state index in [-0.39, 0.29) is 6.61 Å². The van der Waals surface area contributed by atoms with E-state index in [0.29, 0.717) is 16.6 Å². The van der Waals surface area contributed by atoms with Crippen LogP contribution in [0.25, 0.3) is 0 Å². The Morgan fingerprint density at radius 3 is 2.67 bits per heavy atom. The maximum atomic E-state index is 8.90. The lowest BCUT2D eigenvalue weighted by atomic mass is 10.1. The van der Waals surface area contributed by atoms with E-state index in [0.717, 1.165) is 5.56 Å². The Morgan fingerprint density at radius 2 is 2.13 bits per heavy atom. The summed E-state index contributed by atoms with van der Waals surface area (Å²) in [6, 6.07) is 6.61. The van der Waals surface area contributed by atoms with Crippen molar-refractivity contribution in [1.29, 1.82) is 5.26 Å². The minimum absolute atomic E-state index is 0.0144. The van der Waals surface area contributed by atoms with Crippen LogP contribution in [-0.2, 0) is 0 Å². The van der Waals surface area contributed by atoms with Crippen LogP contribution in [0.4, 0.5) is 0 Å². The van der Waals surface area contributed by atoms with Crippen molar-refractivity contribution in [2.24, 2.45) is 0 Å². The van der Waals surface area contributed by atoms with Crippen LogP contribution in [0.1, 0.15) is 11.6 Å². The number of halogens is 2. The average Bonchev–Trinajstić information content (AvgIpc) is 2.24. The van der Waals surface area contributed by atoms with Crippen molar-refractivity contribution in [3.05, 3.63) is 33.8 Å². The molecule has 1 unspecified atom stereocenters. The highest BCUT2D eigenvalue weighted by molar-refractivity contribution is 6.42. The minimum Gasteiger partial charge on any atom is -0.395 e. The van der Waals surface area contributed by atoms with Gasteiger partial charge in [0.25, 0.3) is 0 Å². The van der Waals surface area contributed by atoms with Crippen molar-refractivity contribution in [2.45, 2.75) is 6.04 Å². The Hall–Kier alpha value is -0.790. The van der Waals surface area contributed by atoms with Gasteiger partial charge in [-0.1, -0.05) is 29.3 Å². The van der Waals surface area contributed by atoms with Crippen LogP contribution in [0.3, 0.4) is 0 Å². The summed E-state index contributed by atoms with van der Waals surface area (Å²) in [5.41, 5.74) is 0.736. The van der Waals surface area contributed by atoms with E-state index in [9.17, 15) is 0 Å². The number of hydrogen-bond acceptors (Lipinski definition) is 3. The van der Waals surface area contributed by atoms with E-state index in [2.05, 4.69) is 11.4 Å². The fraction of sp³-hybridized carbons (Fsp3) is 0.300. The molecule has 1 atom stereocenters. The maximum Gasteiger partial charge on any atom is 0.121 e. The molecule has 0 saturated heterocycles. The summed E-state index contributed by atoms with van der Waals surface area (Å²) in [4.78, 5) is 0. The zero-order valence-electron chi connectivity index (χ0n) is 7.87. The molecule has 0 aliphatic heterocycles. The molecule has 0 amide bonds. The normalized spacial score (nSPS) is 12.1. The SMILES string of the molecule is N#CC(NCCO)c1ccc(Cl)c(Cl)c1. The third-order valence-corrected chi connectivity index (χ3v) is 2.61. The van der Waals surface area contributed by atoms with Crippen LogP contribution in [0.2, 0.25) is 10.0 Å². The van der Waals surface area contributed by atoms with Gasteiger partial charge in [-0.2, -0.15) is 5.26 Å². The number of benzene rings is 1. The first-order valence-electron chi connectivity index (χ1n) is 4.38. The van der Waals surface area contributed by atoms with Gasteiger partial charge in [-0.15, -0.1) is 0 Å². The molecule has 0 spiro atoms. The summed E-state index contributed by atoms with van der Waals surface area (Å²) in [6.45, 7) is 0.345. The number of nitrogens with one attached hydrogen (secondary N) is 1. The van der Waals surface area contributed by atoms with E-state index in [1.54, 1.807) is 18.2 Å². The van der Waals surface area contributed by atoms with E-state index in [1.165, 1.54) is 0 Å². The predicted molar refractivity (Wildman–Crippen MR) is 59.9 cm³/mol. The van der Waals surface area contributed by atoms with E-state index >= 15 is 0 Å². The maximum absolute atomic E-state index is 8.90. The van der Waals surface area contributed by atoms with Crippen LogP contribution >= 0.6 is 23.2 Å². The minimum atomic E-state index is -0.480. The van der Waals surface area contributed by atoms with Gasteiger partial charge in [0.2, 0.25) is 0 Å². The predicted octanol–water partition coefficient (Wildman–Crippen LogP) is 2.14. The summed E-state index contributed by atoms with van der Waals surface area (Å²) in [5, 5.41) is 21.3. The molecular formula is C10H10Cl2N2O. The van der Waals surface area contributed by atoms with Crippen LogP contribution in [0, 0.1) is 11.3 Å². The lowest BCUT2D eigenvalue weighted by Gasteiger charge is -2.11. The monoisotopic (exact) mass is 244 g/mol. The summed E-state index contributed by atoms with van der Waals surface area (Å²) in [6.07, 6.45) is 0. The van der Waals surface area contributed by atoms with Crippen LogP contribution in [0.15, 0.2) is 18.2 Å². The number of nitriles is 1. The molecule has 0 heterocycles. The zero-order chi connectivity index (χ0) is 11.3. The first kappa shape index (κ1) is 12.3. The van der Waals surface area contributed by atoms with Gasteiger partial charge in [0, 0.05) is 6.54 Å². The highest BCUT2D eigenvalue weighted by atomic mass is 35.5. The van der Waals surface area contributed by atoms with Crippen molar-refractivity contribution in [3.8, 4) is 6.07 Å². The lowest BCUT2D eigenvalue weighted by molar-refractivity contribution is 0.289. The molecule has 15 heavy (non-hydrogen) atoms. The molecule has 0 aliphatic rings. The topological polar surface area (TPSA) is 56.0 Å². The highest BCUT2D eigenvalue weighted by Crippen LogP contribution is 2.25. The largest absolute Gasteiger partial charge is 0.395 e. The first-order chi connectivity index (χ1) is 7.19. The second-order valence-corrected chi connectivity index (χ2v) is 3.73. The van der Waals surface area contributed by atoms with Crippen LogP contribution in [0.5, 0.6) is 0 Å². The number of hydrogen-bond donors (Lipinski definition) is 2. The van der Waals surface area contributed by atoms with Gasteiger partial charge in [0.15, 0.2) is 0 Å². The number of nitrogens with zero attached hydrogens (tertiary/aromatic N) is 1. The molecule has 0 bridgehead atoms. The number of aliphatic hydroxyl groups excluding tert-OH is 1. The number of rotatable bonds is 4. The second kappa shape index (κ2) is 5.94.